The van der Waals surface area contributed by atoms with E-state index in [1.165, 1.54) is 0 Å². The molecule has 21 heavy (non-hydrogen) atoms. The third kappa shape index (κ3) is 3.36. The summed E-state index contributed by atoms with van der Waals surface area (Å²) in [7, 11) is 0. The van der Waals surface area contributed by atoms with E-state index in [1.807, 2.05) is 0 Å². The highest BCUT2D eigenvalue weighted by Gasteiger charge is 2.25. The van der Waals surface area contributed by atoms with Crippen molar-refractivity contribution < 1.29 is 14.3 Å². The second kappa shape index (κ2) is 6.73. The normalized spacial score (nSPS) is 23.3. The Labute approximate surface area is 134 Å². The third-order valence-corrected chi connectivity index (χ3v) is 4.07. The lowest BCUT2D eigenvalue weighted by Crippen LogP contribution is -2.48. The molecule has 1 amide bonds. The Morgan fingerprint density at radius 3 is 3.00 bits per heavy atom. The zero-order valence-corrected chi connectivity index (χ0v) is 13.2. The summed E-state index contributed by atoms with van der Waals surface area (Å²) in [6.45, 7) is 4.12. The summed E-state index contributed by atoms with van der Waals surface area (Å²) < 4.78 is 10.5. The second-order valence-electron chi connectivity index (χ2n) is 5.24. The maximum absolute atomic E-state index is 12.3. The maximum Gasteiger partial charge on any atom is 0.251 e. The SMILES string of the molecule is CC1CNCCC1NC(=O)c1cc(Cl)c2c(c1)OCO2.Cl. The van der Waals surface area contributed by atoms with Gasteiger partial charge in [0.05, 0.1) is 5.02 Å². The van der Waals surface area contributed by atoms with Crippen LogP contribution in [0, 0.1) is 5.92 Å². The molecule has 116 valence electrons. The number of hydrogen-bond donors (Lipinski definition) is 2. The first-order valence-corrected chi connectivity index (χ1v) is 7.13. The number of rotatable bonds is 2. The van der Waals surface area contributed by atoms with Crippen molar-refractivity contribution in [3.63, 3.8) is 0 Å². The quantitative estimate of drug-likeness (QED) is 0.871. The van der Waals surface area contributed by atoms with Gasteiger partial charge in [0.25, 0.3) is 5.91 Å². The first-order chi connectivity index (χ1) is 9.65. The van der Waals surface area contributed by atoms with Crippen molar-refractivity contribution in [1.82, 2.24) is 10.6 Å². The van der Waals surface area contributed by atoms with Gasteiger partial charge in [-0.05, 0) is 37.6 Å². The number of carbonyl (C=O) groups is 1. The van der Waals surface area contributed by atoms with Crippen molar-refractivity contribution in [2.75, 3.05) is 19.9 Å². The van der Waals surface area contributed by atoms with E-state index < -0.39 is 0 Å². The summed E-state index contributed by atoms with van der Waals surface area (Å²) in [5.41, 5.74) is 0.505. The zero-order chi connectivity index (χ0) is 14.1. The van der Waals surface area contributed by atoms with Crippen molar-refractivity contribution in [2.24, 2.45) is 5.92 Å². The number of piperidine rings is 1. The predicted molar refractivity (Wildman–Crippen MR) is 82.7 cm³/mol. The highest BCUT2D eigenvalue weighted by molar-refractivity contribution is 6.32. The van der Waals surface area contributed by atoms with Crippen LogP contribution in [0.1, 0.15) is 23.7 Å². The van der Waals surface area contributed by atoms with Gasteiger partial charge in [-0.2, -0.15) is 0 Å². The zero-order valence-electron chi connectivity index (χ0n) is 11.6. The predicted octanol–water partition coefficient (Wildman–Crippen LogP) is 2.22. The molecular weight excluding hydrogens is 315 g/mol. The molecule has 5 nitrogen and oxygen atoms in total. The molecule has 0 radical (unpaired) electrons. The van der Waals surface area contributed by atoms with E-state index in [0.717, 1.165) is 19.5 Å². The van der Waals surface area contributed by atoms with Crippen molar-refractivity contribution >= 4 is 29.9 Å². The summed E-state index contributed by atoms with van der Waals surface area (Å²) in [5, 5.41) is 6.79. The minimum atomic E-state index is -0.121. The smallest absolute Gasteiger partial charge is 0.251 e. The third-order valence-electron chi connectivity index (χ3n) is 3.79. The molecule has 2 aliphatic heterocycles. The van der Waals surface area contributed by atoms with Crippen LogP contribution in [0.2, 0.25) is 5.02 Å². The molecule has 0 saturated carbocycles. The number of fused-ring (bicyclic) bond motifs is 1. The number of amides is 1. The number of ether oxygens (including phenoxy) is 2. The van der Waals surface area contributed by atoms with Crippen LogP contribution in [0.3, 0.4) is 0 Å². The molecule has 2 atom stereocenters. The van der Waals surface area contributed by atoms with Crippen molar-refractivity contribution in [3.05, 3.63) is 22.7 Å². The molecule has 0 aliphatic carbocycles. The van der Waals surface area contributed by atoms with E-state index in [4.69, 9.17) is 21.1 Å². The lowest BCUT2D eigenvalue weighted by Gasteiger charge is -2.30. The van der Waals surface area contributed by atoms with E-state index >= 15 is 0 Å². The molecule has 1 saturated heterocycles. The van der Waals surface area contributed by atoms with Crippen molar-refractivity contribution in [1.29, 1.82) is 0 Å². The molecular formula is C14H18Cl2N2O3. The van der Waals surface area contributed by atoms with E-state index in [-0.39, 0.29) is 31.1 Å². The molecule has 1 fully saturated rings. The van der Waals surface area contributed by atoms with Crippen LogP contribution in [-0.4, -0.2) is 31.8 Å². The fourth-order valence-corrected chi connectivity index (χ4v) is 2.84. The molecule has 7 heteroatoms. The summed E-state index contributed by atoms with van der Waals surface area (Å²) in [5.74, 6) is 1.33. The summed E-state index contributed by atoms with van der Waals surface area (Å²) in [4.78, 5) is 12.3. The largest absolute Gasteiger partial charge is 0.454 e. The Morgan fingerprint density at radius 2 is 2.24 bits per heavy atom. The average Bonchev–Trinajstić information content (AvgIpc) is 2.90. The van der Waals surface area contributed by atoms with E-state index in [2.05, 4.69) is 17.6 Å². The van der Waals surface area contributed by atoms with Gasteiger partial charge < -0.3 is 20.1 Å². The number of hydrogen-bond acceptors (Lipinski definition) is 4. The number of carbonyl (C=O) groups excluding carboxylic acids is 1. The van der Waals surface area contributed by atoms with Gasteiger partial charge >= 0.3 is 0 Å². The fourth-order valence-electron chi connectivity index (χ4n) is 2.58. The fraction of sp³-hybridized carbons (Fsp3) is 0.500. The highest BCUT2D eigenvalue weighted by atomic mass is 35.5. The van der Waals surface area contributed by atoms with Gasteiger partial charge in [0.15, 0.2) is 11.5 Å². The van der Waals surface area contributed by atoms with Crippen LogP contribution in [0.5, 0.6) is 11.5 Å². The Balaban J connectivity index is 0.00000161. The van der Waals surface area contributed by atoms with Crippen LogP contribution in [0.4, 0.5) is 0 Å². The van der Waals surface area contributed by atoms with Gasteiger partial charge in [-0.15, -0.1) is 12.4 Å². The molecule has 2 aliphatic rings. The Morgan fingerprint density at radius 1 is 1.43 bits per heavy atom. The summed E-state index contributed by atoms with van der Waals surface area (Å²) in [6, 6.07) is 3.48. The lowest BCUT2D eigenvalue weighted by atomic mass is 9.95. The van der Waals surface area contributed by atoms with Gasteiger partial charge in [-0.25, -0.2) is 0 Å². The van der Waals surface area contributed by atoms with Gasteiger partial charge in [-0.3, -0.25) is 4.79 Å². The maximum atomic E-state index is 12.3. The van der Waals surface area contributed by atoms with E-state index in [0.29, 0.717) is 28.0 Å². The minimum Gasteiger partial charge on any atom is -0.454 e. The van der Waals surface area contributed by atoms with Gasteiger partial charge in [0.1, 0.15) is 0 Å². The lowest BCUT2D eigenvalue weighted by molar-refractivity contribution is 0.0913. The standard InChI is InChI=1S/C14H17ClN2O3.ClH/c1-8-6-16-3-2-11(8)17-14(18)9-4-10(15)13-12(5-9)19-7-20-13;/h4-5,8,11,16H,2-3,6-7H2,1H3,(H,17,18);1H. The first kappa shape index (κ1) is 16.2. The number of halogens is 2. The molecule has 0 aromatic heterocycles. The molecule has 2 unspecified atom stereocenters. The van der Waals surface area contributed by atoms with Gasteiger partial charge in [-0.1, -0.05) is 18.5 Å². The second-order valence-corrected chi connectivity index (χ2v) is 5.65. The van der Waals surface area contributed by atoms with Crippen LogP contribution in [0.15, 0.2) is 12.1 Å². The number of nitrogens with one attached hydrogen (secondary N) is 2. The van der Waals surface area contributed by atoms with Crippen molar-refractivity contribution in [3.8, 4) is 11.5 Å². The van der Waals surface area contributed by atoms with E-state index in [1.54, 1.807) is 12.1 Å². The number of benzene rings is 1. The topological polar surface area (TPSA) is 59.6 Å². The molecule has 2 heterocycles. The summed E-state index contributed by atoms with van der Waals surface area (Å²) >= 11 is 6.10. The summed E-state index contributed by atoms with van der Waals surface area (Å²) in [6.07, 6.45) is 0.936. The molecule has 3 rings (SSSR count). The first-order valence-electron chi connectivity index (χ1n) is 6.76. The van der Waals surface area contributed by atoms with Crippen LogP contribution in [-0.2, 0) is 0 Å². The van der Waals surface area contributed by atoms with Crippen LogP contribution < -0.4 is 20.1 Å². The Bertz CT molecular complexity index is 539. The minimum absolute atomic E-state index is 0. The van der Waals surface area contributed by atoms with E-state index in [9.17, 15) is 4.79 Å². The van der Waals surface area contributed by atoms with Gasteiger partial charge in [0.2, 0.25) is 6.79 Å². The highest BCUT2D eigenvalue weighted by Crippen LogP contribution is 2.39. The Kier molecular flexibility index (Phi) is 5.19. The molecule has 1 aromatic rings. The van der Waals surface area contributed by atoms with Crippen LogP contribution >= 0.6 is 24.0 Å². The monoisotopic (exact) mass is 332 g/mol. The van der Waals surface area contributed by atoms with Gasteiger partial charge in [0, 0.05) is 11.6 Å². The van der Waals surface area contributed by atoms with Crippen molar-refractivity contribution in [2.45, 2.75) is 19.4 Å². The van der Waals surface area contributed by atoms with Crippen LogP contribution in [0.25, 0.3) is 0 Å². The average molecular weight is 333 g/mol. The Hall–Kier alpha value is -1.17. The molecule has 0 bridgehead atoms. The molecule has 1 aromatic carbocycles. The molecule has 2 N–H and O–H groups in total. The molecule has 0 spiro atoms.